The van der Waals surface area contributed by atoms with Crippen molar-refractivity contribution in [3.63, 3.8) is 0 Å². The number of aliphatic hydroxyl groups is 1. The Labute approximate surface area is 139 Å². The molecule has 0 spiro atoms. The Morgan fingerprint density at radius 2 is 2.04 bits per heavy atom. The molecule has 0 aliphatic carbocycles. The molecule has 0 radical (unpaired) electrons. The molecule has 1 fully saturated rings. The van der Waals surface area contributed by atoms with Gasteiger partial charge in [-0.3, -0.25) is 4.79 Å². The monoisotopic (exact) mass is 345 g/mol. The maximum Gasteiger partial charge on any atom is 0.573 e. The smallest absolute Gasteiger partial charge is 0.406 e. The molecule has 1 aromatic carbocycles. The van der Waals surface area contributed by atoms with Crippen LogP contribution in [0.25, 0.3) is 0 Å². The molecule has 1 aliphatic rings. The molecule has 134 valence electrons. The highest BCUT2D eigenvalue weighted by atomic mass is 19.4. The van der Waals surface area contributed by atoms with Gasteiger partial charge in [-0.25, -0.2) is 0 Å². The van der Waals surface area contributed by atoms with E-state index in [0.29, 0.717) is 25.9 Å². The fourth-order valence-electron chi connectivity index (χ4n) is 2.90. The van der Waals surface area contributed by atoms with E-state index in [0.717, 1.165) is 18.4 Å². The van der Waals surface area contributed by atoms with Crippen LogP contribution in [0.15, 0.2) is 24.3 Å². The molecule has 1 amide bonds. The van der Waals surface area contributed by atoms with E-state index < -0.39 is 12.5 Å². The van der Waals surface area contributed by atoms with E-state index in [2.05, 4.69) is 4.74 Å². The van der Waals surface area contributed by atoms with Gasteiger partial charge in [-0.15, -0.1) is 13.2 Å². The highest BCUT2D eigenvalue weighted by Gasteiger charge is 2.31. The molecule has 0 saturated carbocycles. The first-order valence-corrected chi connectivity index (χ1v) is 8.05. The van der Waals surface area contributed by atoms with Gasteiger partial charge in [0.25, 0.3) is 0 Å². The van der Waals surface area contributed by atoms with E-state index in [-0.39, 0.29) is 17.6 Å². The number of ether oxygens (including phenoxy) is 1. The van der Waals surface area contributed by atoms with E-state index in [1.54, 1.807) is 11.8 Å². The van der Waals surface area contributed by atoms with Crippen LogP contribution in [0, 0.1) is 5.92 Å². The fourth-order valence-corrected chi connectivity index (χ4v) is 2.90. The van der Waals surface area contributed by atoms with E-state index >= 15 is 0 Å². The maximum absolute atomic E-state index is 12.3. The first-order valence-electron chi connectivity index (χ1n) is 8.05. The second-order valence-corrected chi connectivity index (χ2v) is 6.17. The van der Waals surface area contributed by atoms with Crippen LogP contribution in [0.3, 0.4) is 0 Å². The number of hydrogen-bond donors (Lipinski definition) is 1. The number of aryl methyl sites for hydroxylation is 1. The van der Waals surface area contributed by atoms with E-state index in [9.17, 15) is 23.1 Å². The summed E-state index contributed by atoms with van der Waals surface area (Å²) in [5.41, 5.74) is 0.780. The number of hydrogen-bond acceptors (Lipinski definition) is 3. The topological polar surface area (TPSA) is 49.8 Å². The maximum atomic E-state index is 12.3. The standard InChI is InChI=1S/C17H22F3NO3/c1-12(22)14-3-2-10-21(11-14)16(23)9-6-13-4-7-15(8-5-13)24-17(18,19)20/h4-5,7-8,12,14,22H,2-3,6,9-11H2,1H3. The Morgan fingerprint density at radius 3 is 2.62 bits per heavy atom. The highest BCUT2D eigenvalue weighted by Crippen LogP contribution is 2.24. The van der Waals surface area contributed by atoms with Gasteiger partial charge in [0, 0.05) is 25.4 Å². The van der Waals surface area contributed by atoms with Gasteiger partial charge in [0.05, 0.1) is 6.10 Å². The summed E-state index contributed by atoms with van der Waals surface area (Å²) in [5.74, 6) is -0.147. The van der Waals surface area contributed by atoms with Gasteiger partial charge in [-0.05, 0) is 43.9 Å². The Kier molecular flexibility index (Phi) is 6.10. The number of benzene rings is 1. The van der Waals surface area contributed by atoms with Gasteiger partial charge in [0.2, 0.25) is 5.91 Å². The molecule has 7 heteroatoms. The summed E-state index contributed by atoms with van der Waals surface area (Å²) in [6, 6.07) is 5.56. The van der Waals surface area contributed by atoms with E-state index in [1.807, 2.05) is 0 Å². The number of carbonyl (C=O) groups is 1. The third kappa shape index (κ3) is 5.70. The van der Waals surface area contributed by atoms with Crippen LogP contribution in [0.1, 0.15) is 31.7 Å². The van der Waals surface area contributed by atoms with E-state index in [4.69, 9.17) is 0 Å². The van der Waals surface area contributed by atoms with Crippen molar-refractivity contribution in [1.29, 1.82) is 0 Å². The summed E-state index contributed by atoms with van der Waals surface area (Å²) in [6.45, 7) is 3.00. The Morgan fingerprint density at radius 1 is 1.38 bits per heavy atom. The summed E-state index contributed by atoms with van der Waals surface area (Å²) in [4.78, 5) is 14.0. The van der Waals surface area contributed by atoms with Crippen molar-refractivity contribution >= 4 is 5.91 Å². The largest absolute Gasteiger partial charge is 0.573 e. The van der Waals surface area contributed by atoms with Crippen LogP contribution in [0.2, 0.25) is 0 Å². The lowest BCUT2D eigenvalue weighted by Crippen LogP contribution is -2.43. The van der Waals surface area contributed by atoms with Gasteiger partial charge in [-0.2, -0.15) is 0 Å². The summed E-state index contributed by atoms with van der Waals surface area (Å²) in [7, 11) is 0. The number of nitrogens with zero attached hydrogens (tertiary/aromatic N) is 1. The zero-order valence-electron chi connectivity index (χ0n) is 13.6. The SMILES string of the molecule is CC(O)C1CCCN(C(=O)CCc2ccc(OC(F)(F)F)cc2)C1. The molecule has 2 atom stereocenters. The van der Waals surface area contributed by atoms with Crippen molar-refractivity contribution in [2.24, 2.45) is 5.92 Å². The number of amides is 1. The number of piperidine rings is 1. The van der Waals surface area contributed by atoms with Gasteiger partial charge in [0.1, 0.15) is 5.75 Å². The van der Waals surface area contributed by atoms with Gasteiger partial charge in [0.15, 0.2) is 0 Å². The molecule has 1 heterocycles. The van der Waals surface area contributed by atoms with Crippen molar-refractivity contribution in [1.82, 2.24) is 4.90 Å². The Hall–Kier alpha value is -1.76. The van der Waals surface area contributed by atoms with Crippen molar-refractivity contribution in [2.45, 2.75) is 45.1 Å². The number of halogens is 3. The van der Waals surface area contributed by atoms with Crippen LogP contribution in [0.4, 0.5) is 13.2 Å². The van der Waals surface area contributed by atoms with Crippen LogP contribution >= 0.6 is 0 Å². The average molecular weight is 345 g/mol. The van der Waals surface area contributed by atoms with Crippen LogP contribution in [0.5, 0.6) is 5.75 Å². The summed E-state index contributed by atoms with van der Waals surface area (Å²) < 4.78 is 40.1. The van der Waals surface area contributed by atoms with Gasteiger partial charge >= 0.3 is 6.36 Å². The number of aliphatic hydroxyl groups excluding tert-OH is 1. The Bertz CT molecular complexity index is 543. The predicted molar refractivity (Wildman–Crippen MR) is 82.4 cm³/mol. The minimum Gasteiger partial charge on any atom is -0.406 e. The predicted octanol–water partition coefficient (Wildman–Crippen LogP) is 3.14. The average Bonchev–Trinajstić information content (AvgIpc) is 2.52. The molecule has 2 rings (SSSR count). The molecule has 0 bridgehead atoms. The third-order valence-electron chi connectivity index (χ3n) is 4.28. The zero-order valence-corrected chi connectivity index (χ0v) is 13.6. The van der Waals surface area contributed by atoms with E-state index in [1.165, 1.54) is 24.3 Å². The van der Waals surface area contributed by atoms with Crippen molar-refractivity contribution in [3.05, 3.63) is 29.8 Å². The van der Waals surface area contributed by atoms with Crippen molar-refractivity contribution < 1.29 is 27.8 Å². The zero-order chi connectivity index (χ0) is 17.7. The van der Waals surface area contributed by atoms with Crippen molar-refractivity contribution in [3.8, 4) is 5.75 Å². The number of carbonyl (C=O) groups excluding carboxylic acids is 1. The molecule has 1 aromatic rings. The summed E-state index contributed by atoms with van der Waals surface area (Å²) in [5, 5.41) is 9.66. The second-order valence-electron chi connectivity index (χ2n) is 6.17. The molecule has 1 aliphatic heterocycles. The quantitative estimate of drug-likeness (QED) is 0.892. The minimum atomic E-state index is -4.70. The van der Waals surface area contributed by atoms with Crippen LogP contribution in [-0.4, -0.2) is 41.5 Å². The Balaban J connectivity index is 1.83. The second kappa shape index (κ2) is 7.88. The minimum absolute atomic E-state index is 0.0102. The number of likely N-dealkylation sites (tertiary alicyclic amines) is 1. The van der Waals surface area contributed by atoms with Crippen LogP contribution < -0.4 is 4.74 Å². The molecule has 2 unspecified atom stereocenters. The molecule has 4 nitrogen and oxygen atoms in total. The third-order valence-corrected chi connectivity index (χ3v) is 4.28. The fraction of sp³-hybridized carbons (Fsp3) is 0.588. The van der Waals surface area contributed by atoms with Gasteiger partial charge < -0.3 is 14.7 Å². The van der Waals surface area contributed by atoms with Crippen molar-refractivity contribution in [2.75, 3.05) is 13.1 Å². The molecule has 1 saturated heterocycles. The highest BCUT2D eigenvalue weighted by molar-refractivity contribution is 5.76. The lowest BCUT2D eigenvalue weighted by atomic mass is 9.93. The molecule has 1 N–H and O–H groups in total. The normalized spacial score (nSPS) is 19.9. The lowest BCUT2D eigenvalue weighted by molar-refractivity contribution is -0.274. The first kappa shape index (κ1) is 18.6. The summed E-state index contributed by atoms with van der Waals surface area (Å²) >= 11 is 0. The summed E-state index contributed by atoms with van der Waals surface area (Å²) in [6.07, 6.45) is -2.58. The van der Waals surface area contributed by atoms with Gasteiger partial charge in [-0.1, -0.05) is 12.1 Å². The van der Waals surface area contributed by atoms with Crippen LogP contribution in [-0.2, 0) is 11.2 Å². The molecule has 24 heavy (non-hydrogen) atoms. The molecular weight excluding hydrogens is 323 g/mol. The number of rotatable bonds is 5. The number of alkyl halides is 3. The first-order chi connectivity index (χ1) is 11.2. The molecular formula is C17H22F3NO3. The lowest BCUT2D eigenvalue weighted by Gasteiger charge is -2.34. The molecule has 0 aromatic heterocycles.